The monoisotopic (exact) mass is 388 g/mol. The summed E-state index contributed by atoms with van der Waals surface area (Å²) in [6.45, 7) is 0. The predicted octanol–water partition coefficient (Wildman–Crippen LogP) is 5.22. The number of hydrogen-bond donors (Lipinski definition) is 0. The minimum Gasteiger partial charge on any atom is -0.255 e. The maximum absolute atomic E-state index is 13.2. The molecule has 0 unspecified atom stereocenters. The lowest BCUT2D eigenvalue weighted by Crippen LogP contribution is -2.06. The molecule has 1 aliphatic rings. The van der Waals surface area contributed by atoms with Gasteiger partial charge in [-0.25, -0.2) is 9.50 Å². The summed E-state index contributed by atoms with van der Waals surface area (Å²) in [6, 6.07) is 7.74. The molecular weight excluding hydrogens is 377 g/mol. The minimum absolute atomic E-state index is 0.0199. The van der Waals surface area contributed by atoms with Crippen molar-refractivity contribution in [2.75, 3.05) is 0 Å². The van der Waals surface area contributed by atoms with Gasteiger partial charge in [-0.2, -0.15) is 18.3 Å². The molecule has 0 aliphatic heterocycles. The molecule has 4 nitrogen and oxygen atoms in total. The number of fused-ring (bicyclic) bond motifs is 2. The lowest BCUT2D eigenvalue weighted by molar-refractivity contribution is -0.136. The molecule has 0 N–H and O–H groups in total. The number of rotatable bonds is 2. The number of halogens is 4. The van der Waals surface area contributed by atoms with Crippen LogP contribution in [0.15, 0.2) is 48.9 Å². The van der Waals surface area contributed by atoms with Crippen LogP contribution in [0.4, 0.5) is 13.2 Å². The summed E-state index contributed by atoms with van der Waals surface area (Å²) in [5.41, 5.74) is 1.94. The molecule has 0 saturated heterocycles. The normalized spacial score (nSPS) is 19.7. The van der Waals surface area contributed by atoms with Crippen LogP contribution in [-0.4, -0.2) is 19.6 Å². The number of para-hydroxylation sites is 1. The van der Waals surface area contributed by atoms with E-state index in [2.05, 4.69) is 15.1 Å². The Morgan fingerprint density at radius 3 is 2.78 bits per heavy atom. The van der Waals surface area contributed by atoms with Gasteiger partial charge in [-0.05, 0) is 42.0 Å². The first-order valence-electron chi connectivity index (χ1n) is 8.37. The van der Waals surface area contributed by atoms with Gasteiger partial charge in [0.15, 0.2) is 5.65 Å². The zero-order chi connectivity index (χ0) is 18.8. The van der Waals surface area contributed by atoms with Gasteiger partial charge in [-0.3, -0.25) is 4.98 Å². The van der Waals surface area contributed by atoms with Crippen molar-refractivity contribution in [3.05, 3.63) is 70.8 Å². The standard InChI is InChI=1S/C19H12ClF3N4/c20-16-8-14(18-24-4-5-27(18)26-16)13-7-12(13)11-6-10-2-1-3-15(19(21,22)23)17(10)25-9-11/h1-6,8-9,12-13H,7H2/t12-,13+/m0/s1. The third-order valence-electron chi connectivity index (χ3n) is 5.01. The van der Waals surface area contributed by atoms with Crippen molar-refractivity contribution < 1.29 is 13.2 Å². The highest BCUT2D eigenvalue weighted by Gasteiger charge is 2.42. The van der Waals surface area contributed by atoms with Crippen LogP contribution in [0.2, 0.25) is 5.15 Å². The zero-order valence-electron chi connectivity index (χ0n) is 13.8. The van der Waals surface area contributed by atoms with E-state index in [1.54, 1.807) is 35.2 Å². The SMILES string of the molecule is FC(F)(F)c1cccc2cc([C@@H]3C[C@H]3c3cc(Cl)nn4ccnc34)cnc12. The molecule has 27 heavy (non-hydrogen) atoms. The van der Waals surface area contributed by atoms with Crippen molar-refractivity contribution >= 4 is 28.2 Å². The highest BCUT2D eigenvalue weighted by atomic mass is 35.5. The van der Waals surface area contributed by atoms with Gasteiger partial charge in [0.05, 0.1) is 11.1 Å². The first kappa shape index (κ1) is 16.5. The van der Waals surface area contributed by atoms with Gasteiger partial charge in [0.1, 0.15) is 5.15 Å². The van der Waals surface area contributed by atoms with Crippen LogP contribution in [0.5, 0.6) is 0 Å². The van der Waals surface area contributed by atoms with Crippen molar-refractivity contribution in [3.63, 3.8) is 0 Å². The lowest BCUT2D eigenvalue weighted by Gasteiger charge is -2.10. The highest BCUT2D eigenvalue weighted by molar-refractivity contribution is 6.29. The third-order valence-corrected chi connectivity index (χ3v) is 5.20. The second-order valence-electron chi connectivity index (χ2n) is 6.71. The molecule has 2 atom stereocenters. The fourth-order valence-electron chi connectivity index (χ4n) is 3.70. The Bertz CT molecular complexity index is 1180. The van der Waals surface area contributed by atoms with Crippen LogP contribution in [0, 0.1) is 0 Å². The molecule has 1 aliphatic carbocycles. The van der Waals surface area contributed by atoms with Crippen LogP contribution < -0.4 is 0 Å². The first-order chi connectivity index (χ1) is 12.9. The number of benzene rings is 1. The zero-order valence-corrected chi connectivity index (χ0v) is 14.5. The highest BCUT2D eigenvalue weighted by Crippen LogP contribution is 2.55. The van der Waals surface area contributed by atoms with Crippen LogP contribution in [-0.2, 0) is 6.18 Å². The Labute approximate surface area is 156 Å². The summed E-state index contributed by atoms with van der Waals surface area (Å²) >= 11 is 6.11. The molecule has 3 heterocycles. The second-order valence-corrected chi connectivity index (χ2v) is 7.10. The first-order valence-corrected chi connectivity index (χ1v) is 8.75. The van der Waals surface area contributed by atoms with Gasteiger partial charge in [0.2, 0.25) is 0 Å². The Morgan fingerprint density at radius 1 is 1.11 bits per heavy atom. The Kier molecular flexibility index (Phi) is 3.46. The van der Waals surface area contributed by atoms with Crippen molar-refractivity contribution in [2.45, 2.75) is 24.4 Å². The topological polar surface area (TPSA) is 43.1 Å². The van der Waals surface area contributed by atoms with Crippen molar-refractivity contribution in [2.24, 2.45) is 0 Å². The molecule has 0 bridgehead atoms. The largest absolute Gasteiger partial charge is 0.418 e. The van der Waals surface area contributed by atoms with E-state index >= 15 is 0 Å². The van der Waals surface area contributed by atoms with Crippen LogP contribution in [0.3, 0.4) is 0 Å². The lowest BCUT2D eigenvalue weighted by atomic mass is 10.0. The van der Waals surface area contributed by atoms with Crippen LogP contribution in [0.25, 0.3) is 16.6 Å². The summed E-state index contributed by atoms with van der Waals surface area (Å²) in [5, 5.41) is 5.05. The van der Waals surface area contributed by atoms with Crippen molar-refractivity contribution in [1.82, 2.24) is 19.6 Å². The van der Waals surface area contributed by atoms with Gasteiger partial charge in [-0.1, -0.05) is 23.7 Å². The van der Waals surface area contributed by atoms with Gasteiger partial charge in [0.25, 0.3) is 0 Å². The van der Waals surface area contributed by atoms with E-state index in [4.69, 9.17) is 11.6 Å². The molecule has 0 amide bonds. The number of aromatic nitrogens is 4. The summed E-state index contributed by atoms with van der Waals surface area (Å²) in [4.78, 5) is 8.47. The molecule has 1 saturated carbocycles. The number of pyridine rings is 1. The smallest absolute Gasteiger partial charge is 0.255 e. The van der Waals surface area contributed by atoms with E-state index in [0.29, 0.717) is 10.5 Å². The van der Waals surface area contributed by atoms with Gasteiger partial charge in [0, 0.05) is 29.5 Å². The van der Waals surface area contributed by atoms with Crippen molar-refractivity contribution in [3.8, 4) is 0 Å². The number of hydrogen-bond acceptors (Lipinski definition) is 3. The maximum atomic E-state index is 13.2. The number of nitrogens with zero attached hydrogens (tertiary/aromatic N) is 4. The quantitative estimate of drug-likeness (QED) is 0.473. The summed E-state index contributed by atoms with van der Waals surface area (Å²) < 4.78 is 41.1. The van der Waals surface area contributed by atoms with Gasteiger partial charge in [-0.15, -0.1) is 0 Å². The molecule has 0 radical (unpaired) electrons. The summed E-state index contributed by atoms with van der Waals surface area (Å²) in [5.74, 6) is 0.371. The van der Waals surface area contributed by atoms with E-state index in [1.165, 1.54) is 6.07 Å². The maximum Gasteiger partial charge on any atom is 0.418 e. The molecule has 0 spiro atoms. The fraction of sp³-hybridized carbons (Fsp3) is 0.211. The third kappa shape index (κ3) is 2.73. The summed E-state index contributed by atoms with van der Waals surface area (Å²) in [7, 11) is 0. The Hall–Kier alpha value is -2.67. The fourth-order valence-corrected chi connectivity index (χ4v) is 3.90. The van der Waals surface area contributed by atoms with Gasteiger partial charge >= 0.3 is 6.18 Å². The molecular formula is C19H12ClF3N4. The number of imidazole rings is 1. The minimum atomic E-state index is -4.42. The van der Waals surface area contributed by atoms with E-state index in [-0.39, 0.29) is 17.4 Å². The average molecular weight is 389 g/mol. The molecule has 5 rings (SSSR count). The Balaban J connectivity index is 1.53. The van der Waals surface area contributed by atoms with E-state index in [1.807, 2.05) is 6.07 Å². The summed E-state index contributed by atoms with van der Waals surface area (Å²) in [6.07, 6.45) is 1.40. The predicted molar refractivity (Wildman–Crippen MR) is 94.8 cm³/mol. The molecule has 4 aromatic rings. The van der Waals surface area contributed by atoms with Crippen molar-refractivity contribution in [1.29, 1.82) is 0 Å². The molecule has 3 aromatic heterocycles. The van der Waals surface area contributed by atoms with Crippen LogP contribution in [0.1, 0.15) is 34.9 Å². The number of alkyl halides is 3. The van der Waals surface area contributed by atoms with E-state index < -0.39 is 11.7 Å². The molecule has 8 heteroatoms. The Morgan fingerprint density at radius 2 is 1.96 bits per heavy atom. The second kappa shape index (κ2) is 5.66. The van der Waals surface area contributed by atoms with Crippen LogP contribution >= 0.6 is 11.6 Å². The average Bonchev–Trinajstić information content (AvgIpc) is 3.29. The molecule has 1 fully saturated rings. The van der Waals surface area contributed by atoms with Gasteiger partial charge < -0.3 is 0 Å². The van der Waals surface area contributed by atoms with E-state index in [9.17, 15) is 13.2 Å². The molecule has 136 valence electrons. The van der Waals surface area contributed by atoms with E-state index in [0.717, 1.165) is 29.3 Å². The molecule has 1 aromatic carbocycles.